The highest BCUT2D eigenvalue weighted by molar-refractivity contribution is 5.84. The maximum atomic E-state index is 13.5. The second kappa shape index (κ2) is 10.0. The Bertz CT molecular complexity index is 1010. The monoisotopic (exact) mass is 428 g/mol. The molecule has 166 valence electrons. The summed E-state index contributed by atoms with van der Waals surface area (Å²) in [5, 5.41) is 3.22. The van der Waals surface area contributed by atoms with Crippen LogP contribution < -0.4 is 5.32 Å². The topological polar surface area (TPSA) is 58.1 Å². The third kappa shape index (κ3) is 5.22. The average Bonchev–Trinajstić information content (AvgIpc) is 2.81. The van der Waals surface area contributed by atoms with Gasteiger partial charge in [0.2, 0.25) is 5.91 Å². The second-order valence-corrected chi connectivity index (χ2v) is 9.08. The minimum absolute atomic E-state index is 0.125. The van der Waals surface area contributed by atoms with Gasteiger partial charge in [-0.1, -0.05) is 36.4 Å². The molecule has 0 radical (unpaired) electrons. The Morgan fingerprint density at radius 3 is 2.50 bits per heavy atom. The molecule has 0 aliphatic carbocycles. The fourth-order valence-electron chi connectivity index (χ4n) is 4.60. The molecule has 4 rings (SSSR count). The molecule has 5 nitrogen and oxygen atoms in total. The highest BCUT2D eigenvalue weighted by Gasteiger charge is 2.42. The maximum Gasteiger partial charge on any atom is 0.226 e. The number of nitrogens with zero attached hydrogens (tertiary/aromatic N) is 3. The molecule has 1 N–H and O–H groups in total. The number of hydrogen-bond donors (Lipinski definition) is 1. The van der Waals surface area contributed by atoms with Gasteiger partial charge in [0.25, 0.3) is 0 Å². The van der Waals surface area contributed by atoms with Crippen molar-refractivity contribution in [3.63, 3.8) is 0 Å². The maximum absolute atomic E-state index is 13.5. The molecular formula is C27H32N4O. The summed E-state index contributed by atoms with van der Waals surface area (Å²) in [7, 11) is 0. The number of rotatable bonds is 7. The van der Waals surface area contributed by atoms with Crippen LogP contribution in [-0.4, -0.2) is 39.9 Å². The Labute approximate surface area is 190 Å². The summed E-state index contributed by atoms with van der Waals surface area (Å²) < 4.78 is 0. The molecule has 1 amide bonds. The lowest BCUT2D eigenvalue weighted by atomic mass is 9.72. The molecule has 3 aromatic rings. The summed E-state index contributed by atoms with van der Waals surface area (Å²) in [5.74, 6) is 0.172. The van der Waals surface area contributed by atoms with Gasteiger partial charge in [-0.05, 0) is 75.5 Å². The Hall–Kier alpha value is -3.05. The van der Waals surface area contributed by atoms with Crippen molar-refractivity contribution in [1.29, 1.82) is 0 Å². The molecule has 0 atom stereocenters. The smallest absolute Gasteiger partial charge is 0.226 e. The van der Waals surface area contributed by atoms with Gasteiger partial charge in [-0.2, -0.15) is 0 Å². The van der Waals surface area contributed by atoms with E-state index in [1.807, 2.05) is 44.4 Å². The van der Waals surface area contributed by atoms with Gasteiger partial charge < -0.3 is 5.32 Å². The number of piperidine rings is 1. The number of pyridine rings is 2. The van der Waals surface area contributed by atoms with Crippen molar-refractivity contribution < 1.29 is 4.79 Å². The van der Waals surface area contributed by atoms with Crippen LogP contribution in [0, 0.1) is 5.41 Å². The lowest BCUT2D eigenvalue weighted by molar-refractivity contribution is -0.134. The largest absolute Gasteiger partial charge is 0.353 e. The predicted molar refractivity (Wildman–Crippen MR) is 128 cm³/mol. The average molecular weight is 429 g/mol. The highest BCUT2D eigenvalue weighted by Crippen LogP contribution is 2.38. The number of likely N-dealkylation sites (tertiary alicyclic amines) is 1. The SMILES string of the molecule is CC(C)NC(=O)C1(Cc2ccccc2-c2cccnc2)CCN(Cc2ccccn2)CC1. The Balaban J connectivity index is 1.57. The third-order valence-corrected chi connectivity index (χ3v) is 6.35. The third-order valence-electron chi connectivity index (χ3n) is 6.35. The van der Waals surface area contributed by atoms with E-state index in [1.54, 1.807) is 6.20 Å². The molecule has 0 bridgehead atoms. The molecule has 1 fully saturated rings. The number of hydrogen-bond acceptors (Lipinski definition) is 4. The van der Waals surface area contributed by atoms with Gasteiger partial charge in [0.15, 0.2) is 0 Å². The van der Waals surface area contributed by atoms with Gasteiger partial charge in [-0.3, -0.25) is 19.7 Å². The quantitative estimate of drug-likeness (QED) is 0.602. The number of benzene rings is 1. The fourth-order valence-corrected chi connectivity index (χ4v) is 4.60. The van der Waals surface area contributed by atoms with E-state index in [9.17, 15) is 4.79 Å². The van der Waals surface area contributed by atoms with Gasteiger partial charge in [0, 0.05) is 36.7 Å². The molecule has 0 saturated carbocycles. The zero-order valence-corrected chi connectivity index (χ0v) is 19.0. The van der Waals surface area contributed by atoms with Crippen LogP contribution in [-0.2, 0) is 17.8 Å². The molecule has 1 aliphatic rings. The number of amides is 1. The molecule has 0 unspecified atom stereocenters. The number of carbonyl (C=O) groups is 1. The molecule has 1 aliphatic heterocycles. The van der Waals surface area contributed by atoms with Crippen LogP contribution in [0.4, 0.5) is 0 Å². The second-order valence-electron chi connectivity index (χ2n) is 9.08. The van der Waals surface area contributed by atoms with Crippen LogP contribution >= 0.6 is 0 Å². The van der Waals surface area contributed by atoms with E-state index in [2.05, 4.69) is 56.6 Å². The van der Waals surface area contributed by atoms with Crippen molar-refractivity contribution in [1.82, 2.24) is 20.2 Å². The minimum atomic E-state index is -0.413. The Kier molecular flexibility index (Phi) is 6.96. The normalized spacial score (nSPS) is 16.1. The van der Waals surface area contributed by atoms with Gasteiger partial charge >= 0.3 is 0 Å². The highest BCUT2D eigenvalue weighted by atomic mass is 16.2. The van der Waals surface area contributed by atoms with E-state index in [1.165, 1.54) is 5.56 Å². The summed E-state index contributed by atoms with van der Waals surface area (Å²) in [5.41, 5.74) is 4.12. The zero-order valence-electron chi connectivity index (χ0n) is 19.0. The van der Waals surface area contributed by atoms with Gasteiger partial charge in [-0.25, -0.2) is 0 Å². The zero-order chi connectivity index (χ0) is 22.4. The molecule has 2 aromatic heterocycles. The van der Waals surface area contributed by atoms with Crippen molar-refractivity contribution >= 4 is 5.91 Å². The van der Waals surface area contributed by atoms with E-state index < -0.39 is 5.41 Å². The lowest BCUT2D eigenvalue weighted by Gasteiger charge is -2.41. The molecular weight excluding hydrogens is 396 g/mol. The van der Waals surface area contributed by atoms with Gasteiger partial charge in [0.05, 0.1) is 11.1 Å². The van der Waals surface area contributed by atoms with Crippen molar-refractivity contribution in [3.8, 4) is 11.1 Å². The summed E-state index contributed by atoms with van der Waals surface area (Å²) in [6.45, 7) is 6.67. The first-order chi connectivity index (χ1) is 15.6. The number of aromatic nitrogens is 2. The van der Waals surface area contributed by atoms with Crippen LogP contribution in [0.1, 0.15) is 37.9 Å². The molecule has 1 saturated heterocycles. The number of carbonyl (C=O) groups excluding carboxylic acids is 1. The standard InChI is InChI=1S/C27H32N4O/c1-21(2)30-26(32)27(12-16-31(17-13-27)20-24-10-5-6-15-29-24)18-22-8-3-4-11-25(22)23-9-7-14-28-19-23/h3-11,14-15,19,21H,12-13,16-18,20H2,1-2H3,(H,30,32). The summed E-state index contributed by atoms with van der Waals surface area (Å²) in [6.07, 6.45) is 7.93. The summed E-state index contributed by atoms with van der Waals surface area (Å²) >= 11 is 0. The molecule has 1 aromatic carbocycles. The number of nitrogens with one attached hydrogen (secondary N) is 1. The minimum Gasteiger partial charge on any atom is -0.353 e. The van der Waals surface area contributed by atoms with Crippen LogP contribution in [0.3, 0.4) is 0 Å². The Morgan fingerprint density at radius 1 is 1.03 bits per heavy atom. The van der Waals surface area contributed by atoms with E-state index >= 15 is 0 Å². The molecule has 5 heteroatoms. The van der Waals surface area contributed by atoms with Crippen molar-refractivity contribution in [3.05, 3.63) is 84.4 Å². The van der Waals surface area contributed by atoms with E-state index in [-0.39, 0.29) is 11.9 Å². The van der Waals surface area contributed by atoms with Crippen molar-refractivity contribution in [2.45, 2.75) is 45.7 Å². The molecule has 0 spiro atoms. The van der Waals surface area contributed by atoms with Crippen molar-refractivity contribution in [2.24, 2.45) is 5.41 Å². The first kappa shape index (κ1) is 22.2. The van der Waals surface area contributed by atoms with Crippen LogP contribution in [0.5, 0.6) is 0 Å². The first-order valence-electron chi connectivity index (χ1n) is 11.5. The van der Waals surface area contributed by atoms with Crippen LogP contribution in [0.25, 0.3) is 11.1 Å². The molecule has 32 heavy (non-hydrogen) atoms. The van der Waals surface area contributed by atoms with E-state index in [4.69, 9.17) is 0 Å². The molecule has 3 heterocycles. The first-order valence-corrected chi connectivity index (χ1v) is 11.5. The van der Waals surface area contributed by atoms with Crippen LogP contribution in [0.2, 0.25) is 0 Å². The van der Waals surface area contributed by atoms with E-state index in [0.29, 0.717) is 0 Å². The van der Waals surface area contributed by atoms with Gasteiger partial charge in [0.1, 0.15) is 0 Å². The van der Waals surface area contributed by atoms with E-state index in [0.717, 1.165) is 55.7 Å². The van der Waals surface area contributed by atoms with Gasteiger partial charge in [-0.15, -0.1) is 0 Å². The van der Waals surface area contributed by atoms with Crippen molar-refractivity contribution in [2.75, 3.05) is 13.1 Å². The lowest BCUT2D eigenvalue weighted by Crippen LogP contribution is -2.51. The predicted octanol–water partition coefficient (Wildman–Crippen LogP) is 4.49. The van der Waals surface area contributed by atoms with Crippen LogP contribution in [0.15, 0.2) is 73.2 Å². The fraction of sp³-hybridized carbons (Fsp3) is 0.370. The Morgan fingerprint density at radius 2 is 1.81 bits per heavy atom. The summed E-state index contributed by atoms with van der Waals surface area (Å²) in [4.78, 5) is 24.7. The summed E-state index contributed by atoms with van der Waals surface area (Å²) in [6, 6.07) is 18.6.